The Morgan fingerprint density at radius 3 is 2.14 bits per heavy atom. The second kappa shape index (κ2) is 13.8. The summed E-state index contributed by atoms with van der Waals surface area (Å²) in [6.07, 6.45) is 3.55. The summed E-state index contributed by atoms with van der Waals surface area (Å²) >= 11 is 0. The van der Waals surface area contributed by atoms with E-state index in [1.807, 2.05) is 0 Å². The van der Waals surface area contributed by atoms with Gasteiger partial charge in [-0.05, 0) is 51.9 Å². The van der Waals surface area contributed by atoms with Crippen molar-refractivity contribution in [2.45, 2.75) is 38.5 Å². The van der Waals surface area contributed by atoms with E-state index < -0.39 is 5.97 Å². The highest BCUT2D eigenvalue weighted by Gasteiger charge is 2.13. The van der Waals surface area contributed by atoms with Crippen molar-refractivity contribution in [1.29, 1.82) is 0 Å². The van der Waals surface area contributed by atoms with Crippen LogP contribution in [0.4, 0.5) is 0 Å². The molecule has 0 aromatic rings. The monoisotopic (exact) mass is 302 g/mol. The van der Waals surface area contributed by atoms with Crippen molar-refractivity contribution in [2.24, 2.45) is 11.5 Å². The average Bonchev–Trinajstić information content (AvgIpc) is 2.46. The summed E-state index contributed by atoms with van der Waals surface area (Å²) in [5.41, 5.74) is 10.9. The lowest BCUT2D eigenvalue weighted by molar-refractivity contribution is -0.141. The van der Waals surface area contributed by atoms with Crippen LogP contribution in [-0.2, 0) is 9.59 Å². The lowest BCUT2D eigenvalue weighted by Gasteiger charge is -2.22. The van der Waals surface area contributed by atoms with E-state index in [1.165, 1.54) is 0 Å². The van der Waals surface area contributed by atoms with E-state index in [0.717, 1.165) is 38.8 Å². The number of hydrogen-bond donors (Lipinski definition) is 4. The maximum atomic E-state index is 12.0. The number of nitrogens with two attached hydrogens (primary N) is 2. The third-order valence-corrected chi connectivity index (χ3v) is 3.13. The van der Waals surface area contributed by atoms with Gasteiger partial charge in [-0.2, -0.15) is 0 Å². The highest BCUT2D eigenvalue weighted by molar-refractivity contribution is 5.80. The van der Waals surface area contributed by atoms with Gasteiger partial charge in [-0.25, -0.2) is 0 Å². The minimum absolute atomic E-state index is 0.0641. The number of carboxylic acids is 1. The molecule has 0 aliphatic rings. The van der Waals surface area contributed by atoms with Crippen LogP contribution >= 0.6 is 0 Å². The van der Waals surface area contributed by atoms with E-state index in [1.54, 1.807) is 4.90 Å². The van der Waals surface area contributed by atoms with Crippen molar-refractivity contribution in [3.63, 3.8) is 0 Å². The largest absolute Gasteiger partial charge is 0.481 e. The van der Waals surface area contributed by atoms with E-state index in [2.05, 4.69) is 5.32 Å². The van der Waals surface area contributed by atoms with Gasteiger partial charge in [0.1, 0.15) is 0 Å². The van der Waals surface area contributed by atoms with Crippen molar-refractivity contribution in [1.82, 2.24) is 10.2 Å². The van der Waals surface area contributed by atoms with Gasteiger partial charge < -0.3 is 26.8 Å². The molecular formula is C14H30N4O3. The first-order chi connectivity index (χ1) is 10.1. The zero-order valence-electron chi connectivity index (χ0n) is 12.9. The quantitative estimate of drug-likeness (QED) is 0.328. The van der Waals surface area contributed by atoms with Crippen LogP contribution in [0.25, 0.3) is 0 Å². The normalized spacial score (nSPS) is 10.6. The van der Waals surface area contributed by atoms with Crippen LogP contribution in [-0.4, -0.2) is 61.2 Å². The zero-order valence-corrected chi connectivity index (χ0v) is 12.9. The van der Waals surface area contributed by atoms with E-state index in [4.69, 9.17) is 16.6 Å². The van der Waals surface area contributed by atoms with Gasteiger partial charge in [0.25, 0.3) is 0 Å². The predicted molar refractivity (Wildman–Crippen MR) is 82.9 cm³/mol. The van der Waals surface area contributed by atoms with Gasteiger partial charge in [0, 0.05) is 19.5 Å². The number of hydrogen-bond acceptors (Lipinski definition) is 5. The first kappa shape index (κ1) is 19.8. The molecule has 0 radical (unpaired) electrons. The Hall–Kier alpha value is -1.18. The first-order valence-electron chi connectivity index (χ1n) is 7.72. The summed E-state index contributed by atoms with van der Waals surface area (Å²) in [7, 11) is 0. The number of carboxylic acid groups (broad SMARTS) is 1. The Labute approximate surface area is 127 Å². The third kappa shape index (κ3) is 12.3. The molecule has 6 N–H and O–H groups in total. The van der Waals surface area contributed by atoms with Crippen molar-refractivity contribution in [3.8, 4) is 0 Å². The molecule has 0 rings (SSSR count). The summed E-state index contributed by atoms with van der Waals surface area (Å²) < 4.78 is 0. The van der Waals surface area contributed by atoms with Gasteiger partial charge in [-0.15, -0.1) is 0 Å². The average molecular weight is 302 g/mol. The Bertz CT molecular complexity index is 287. The van der Waals surface area contributed by atoms with Gasteiger partial charge in [0.15, 0.2) is 0 Å². The smallest absolute Gasteiger partial charge is 0.303 e. The molecule has 0 fully saturated rings. The van der Waals surface area contributed by atoms with Crippen LogP contribution in [0.2, 0.25) is 0 Å². The van der Waals surface area contributed by atoms with Gasteiger partial charge in [-0.3, -0.25) is 9.59 Å². The van der Waals surface area contributed by atoms with Crippen LogP contribution in [0.1, 0.15) is 38.5 Å². The molecular weight excluding hydrogens is 272 g/mol. The van der Waals surface area contributed by atoms with E-state index in [0.29, 0.717) is 26.2 Å². The number of unbranched alkanes of at least 4 members (excludes halogenated alkanes) is 1. The molecule has 1 amide bonds. The maximum absolute atomic E-state index is 12.0. The molecule has 0 aliphatic carbocycles. The lowest BCUT2D eigenvalue weighted by atomic mass is 10.2. The van der Waals surface area contributed by atoms with Gasteiger partial charge >= 0.3 is 5.97 Å². The minimum atomic E-state index is -0.939. The second-order valence-corrected chi connectivity index (χ2v) is 5.02. The highest BCUT2D eigenvalue weighted by Crippen LogP contribution is 2.02. The molecule has 0 saturated carbocycles. The van der Waals surface area contributed by atoms with E-state index in [9.17, 15) is 9.59 Å². The Morgan fingerprint density at radius 1 is 0.905 bits per heavy atom. The Balaban J connectivity index is 3.89. The van der Waals surface area contributed by atoms with E-state index >= 15 is 0 Å². The fraction of sp³-hybridized carbons (Fsp3) is 0.857. The molecule has 0 aromatic heterocycles. The maximum Gasteiger partial charge on any atom is 0.303 e. The summed E-state index contributed by atoms with van der Waals surface area (Å²) in [5.74, 6) is -1.03. The van der Waals surface area contributed by atoms with Crippen LogP contribution in [0, 0.1) is 0 Å². The van der Waals surface area contributed by atoms with Gasteiger partial charge in [-0.1, -0.05) is 0 Å². The predicted octanol–water partition coefficient (Wildman–Crippen LogP) is -0.253. The molecule has 7 heteroatoms. The first-order valence-corrected chi connectivity index (χ1v) is 7.72. The Morgan fingerprint density at radius 2 is 1.52 bits per heavy atom. The molecule has 124 valence electrons. The Kier molecular flexibility index (Phi) is 13.0. The molecule has 0 saturated heterocycles. The van der Waals surface area contributed by atoms with Gasteiger partial charge in [0.2, 0.25) is 5.91 Å². The number of nitrogens with zero attached hydrogens (tertiary/aromatic N) is 1. The third-order valence-electron chi connectivity index (χ3n) is 3.13. The standard InChI is InChI=1S/C14H30N4O3/c15-7-3-10-17-9-1-2-11-18(12-4-8-16)13(19)5-6-14(20)21/h17H,1-12,15-16H2,(H,20,21). The summed E-state index contributed by atoms with van der Waals surface area (Å²) in [6.45, 7) is 4.33. The molecule has 7 nitrogen and oxygen atoms in total. The van der Waals surface area contributed by atoms with Crippen molar-refractivity contribution < 1.29 is 14.7 Å². The number of carbonyl (C=O) groups excluding carboxylic acids is 1. The fourth-order valence-electron chi connectivity index (χ4n) is 1.92. The molecule has 0 spiro atoms. The second-order valence-electron chi connectivity index (χ2n) is 5.02. The number of aliphatic carboxylic acids is 1. The van der Waals surface area contributed by atoms with Crippen LogP contribution in [0.3, 0.4) is 0 Å². The van der Waals surface area contributed by atoms with Crippen molar-refractivity contribution in [3.05, 3.63) is 0 Å². The lowest BCUT2D eigenvalue weighted by Crippen LogP contribution is -2.34. The number of nitrogens with one attached hydrogen (secondary N) is 1. The van der Waals surface area contributed by atoms with Crippen LogP contribution in [0.5, 0.6) is 0 Å². The summed E-state index contributed by atoms with van der Waals surface area (Å²) in [5, 5.41) is 11.9. The van der Waals surface area contributed by atoms with Gasteiger partial charge in [0.05, 0.1) is 6.42 Å². The molecule has 0 bridgehead atoms. The highest BCUT2D eigenvalue weighted by atomic mass is 16.4. The topological polar surface area (TPSA) is 122 Å². The number of carbonyl (C=O) groups is 2. The molecule has 0 unspecified atom stereocenters. The minimum Gasteiger partial charge on any atom is -0.481 e. The number of rotatable bonds is 14. The van der Waals surface area contributed by atoms with Crippen molar-refractivity contribution in [2.75, 3.05) is 39.3 Å². The fourth-order valence-corrected chi connectivity index (χ4v) is 1.92. The number of amides is 1. The summed E-state index contributed by atoms with van der Waals surface area (Å²) in [6, 6.07) is 0. The van der Waals surface area contributed by atoms with E-state index in [-0.39, 0.29) is 18.7 Å². The molecule has 0 atom stereocenters. The van der Waals surface area contributed by atoms with Crippen LogP contribution < -0.4 is 16.8 Å². The molecule has 21 heavy (non-hydrogen) atoms. The molecule has 0 aromatic carbocycles. The molecule has 0 heterocycles. The van der Waals surface area contributed by atoms with Crippen LogP contribution in [0.15, 0.2) is 0 Å². The van der Waals surface area contributed by atoms with Crippen molar-refractivity contribution >= 4 is 11.9 Å². The zero-order chi connectivity index (χ0) is 15.9. The molecule has 0 aliphatic heterocycles. The SMILES string of the molecule is NCCCNCCCCN(CCCN)C(=O)CCC(=O)O. The summed E-state index contributed by atoms with van der Waals surface area (Å²) in [4.78, 5) is 24.2.